The summed E-state index contributed by atoms with van der Waals surface area (Å²) in [5, 5.41) is 16.0. The van der Waals surface area contributed by atoms with Gasteiger partial charge in [0.15, 0.2) is 0 Å². The van der Waals surface area contributed by atoms with Crippen molar-refractivity contribution < 1.29 is 22.7 Å². The molecule has 138 valence electrons. The molecule has 0 amide bonds. The molecule has 0 saturated carbocycles. The van der Waals surface area contributed by atoms with Crippen LogP contribution < -0.4 is 5.32 Å². The fraction of sp³-hybridized carbons (Fsp3) is 0.250. The van der Waals surface area contributed by atoms with Gasteiger partial charge in [0.1, 0.15) is 11.5 Å². The van der Waals surface area contributed by atoms with Gasteiger partial charge in [-0.05, 0) is 48.9 Å². The molecule has 0 aliphatic carbocycles. The Bertz CT molecular complexity index is 818. The lowest BCUT2D eigenvalue weighted by molar-refractivity contribution is -0.137. The second kappa shape index (κ2) is 7.86. The zero-order valence-corrected chi connectivity index (χ0v) is 14.3. The van der Waals surface area contributed by atoms with Gasteiger partial charge >= 0.3 is 6.18 Å². The monoisotopic (exact) mass is 386 g/mol. The number of nitrogens with one attached hydrogen (secondary N) is 1. The molecule has 0 aromatic heterocycles. The van der Waals surface area contributed by atoms with Gasteiger partial charge in [-0.2, -0.15) is 13.2 Å². The first-order valence-electron chi connectivity index (χ1n) is 7.26. The number of nitrogens with zero attached hydrogens (tertiary/aromatic N) is 3. The van der Waals surface area contributed by atoms with E-state index in [-0.39, 0.29) is 17.3 Å². The average molecular weight is 386 g/mol. The van der Waals surface area contributed by atoms with Crippen molar-refractivity contribution in [2.45, 2.75) is 23.7 Å². The number of aliphatic hydroxyl groups is 1. The van der Waals surface area contributed by atoms with Gasteiger partial charge in [-0.15, -0.1) is 11.8 Å². The van der Waals surface area contributed by atoms with Crippen LogP contribution in [0.2, 0.25) is 0 Å². The van der Waals surface area contributed by atoms with Gasteiger partial charge < -0.3 is 10.4 Å². The molecule has 2 aromatic carbocycles. The Morgan fingerprint density at radius 2 is 1.85 bits per heavy atom. The van der Waals surface area contributed by atoms with Crippen LogP contribution >= 0.6 is 11.8 Å². The van der Waals surface area contributed by atoms with Crippen molar-refractivity contribution in [3.8, 4) is 0 Å². The number of azide groups is 1. The number of hydrogen-bond donors (Lipinski definition) is 2. The van der Waals surface area contributed by atoms with Crippen LogP contribution in [0.15, 0.2) is 52.5 Å². The lowest BCUT2D eigenvalue weighted by Crippen LogP contribution is -2.37. The van der Waals surface area contributed by atoms with Crippen LogP contribution in [0.4, 0.5) is 28.9 Å². The lowest BCUT2D eigenvalue weighted by Gasteiger charge is -2.26. The first-order valence-corrected chi connectivity index (χ1v) is 8.24. The molecule has 0 heterocycles. The summed E-state index contributed by atoms with van der Waals surface area (Å²) in [5.41, 5.74) is 5.18. The van der Waals surface area contributed by atoms with Gasteiger partial charge in [0.25, 0.3) is 0 Å². The summed E-state index contributed by atoms with van der Waals surface area (Å²) in [6, 6.07) is 8.67. The van der Waals surface area contributed by atoms with Crippen LogP contribution in [-0.4, -0.2) is 16.6 Å². The second-order valence-electron chi connectivity index (χ2n) is 5.56. The molecule has 0 fully saturated rings. The minimum absolute atomic E-state index is 0.0129. The van der Waals surface area contributed by atoms with Crippen LogP contribution in [0.5, 0.6) is 0 Å². The highest BCUT2D eigenvalue weighted by Gasteiger charge is 2.34. The highest BCUT2D eigenvalue weighted by molar-refractivity contribution is 7.99. The number of hydrogen-bond acceptors (Lipinski definition) is 4. The maximum absolute atomic E-state index is 13.1. The number of benzene rings is 2. The molecule has 0 spiro atoms. The summed E-state index contributed by atoms with van der Waals surface area (Å²) in [7, 11) is 0. The molecule has 2 N–H and O–H groups in total. The maximum atomic E-state index is 13.1. The predicted octanol–water partition coefficient (Wildman–Crippen LogP) is 5.70. The molecular weight excluding hydrogens is 372 g/mol. The molecule has 1 unspecified atom stereocenters. The summed E-state index contributed by atoms with van der Waals surface area (Å²) < 4.78 is 52.1. The lowest BCUT2D eigenvalue weighted by atomic mass is 10.1. The fourth-order valence-electron chi connectivity index (χ4n) is 2.08. The van der Waals surface area contributed by atoms with Crippen LogP contribution in [0.1, 0.15) is 12.5 Å². The molecule has 0 bridgehead atoms. The third-order valence-electron chi connectivity index (χ3n) is 3.20. The normalized spacial score (nSPS) is 13.6. The molecule has 26 heavy (non-hydrogen) atoms. The highest BCUT2D eigenvalue weighted by atomic mass is 32.2. The number of halogens is 4. The number of thioether (sulfide) groups is 1. The van der Waals surface area contributed by atoms with Crippen molar-refractivity contribution in [1.82, 2.24) is 0 Å². The van der Waals surface area contributed by atoms with E-state index >= 15 is 0 Å². The Labute approximate surface area is 150 Å². The third-order valence-corrected chi connectivity index (χ3v) is 4.51. The summed E-state index contributed by atoms with van der Waals surface area (Å²) in [5.74, 6) is -0.294. The third kappa shape index (κ3) is 5.55. The topological polar surface area (TPSA) is 81.0 Å². The summed E-state index contributed by atoms with van der Waals surface area (Å²) >= 11 is 1.21. The van der Waals surface area contributed by atoms with Crippen molar-refractivity contribution in [1.29, 1.82) is 0 Å². The van der Waals surface area contributed by atoms with Crippen LogP contribution in [-0.2, 0) is 6.18 Å². The van der Waals surface area contributed by atoms with Crippen molar-refractivity contribution in [3.05, 3.63) is 64.3 Å². The minimum atomic E-state index is -4.71. The van der Waals surface area contributed by atoms with E-state index in [0.29, 0.717) is 4.90 Å². The van der Waals surface area contributed by atoms with Gasteiger partial charge in [0, 0.05) is 26.9 Å². The van der Waals surface area contributed by atoms with Crippen LogP contribution in [0, 0.1) is 5.82 Å². The van der Waals surface area contributed by atoms with E-state index in [1.54, 1.807) is 0 Å². The van der Waals surface area contributed by atoms with Crippen molar-refractivity contribution in [3.63, 3.8) is 0 Å². The molecule has 2 aromatic rings. The Morgan fingerprint density at radius 1 is 1.19 bits per heavy atom. The van der Waals surface area contributed by atoms with E-state index < -0.39 is 23.2 Å². The van der Waals surface area contributed by atoms with E-state index in [0.717, 1.165) is 12.1 Å². The molecular formula is C16H14F4N4OS. The second-order valence-corrected chi connectivity index (χ2v) is 6.61. The molecule has 5 nitrogen and oxygen atoms in total. The van der Waals surface area contributed by atoms with Gasteiger partial charge in [0.2, 0.25) is 0 Å². The minimum Gasteiger partial charge on any atom is -0.370 e. The summed E-state index contributed by atoms with van der Waals surface area (Å²) in [4.78, 5) is 3.08. The number of rotatable bonds is 6. The fourth-order valence-corrected chi connectivity index (χ4v) is 2.93. The molecule has 0 saturated heterocycles. The summed E-state index contributed by atoms with van der Waals surface area (Å²) in [6.07, 6.45) is -4.71. The zero-order valence-electron chi connectivity index (χ0n) is 13.5. The zero-order chi connectivity index (χ0) is 19.4. The smallest absolute Gasteiger partial charge is 0.370 e. The van der Waals surface area contributed by atoms with Crippen molar-refractivity contribution in [2.75, 3.05) is 11.1 Å². The van der Waals surface area contributed by atoms with Gasteiger partial charge in [-0.3, -0.25) is 0 Å². The quantitative estimate of drug-likeness (QED) is 0.167. The van der Waals surface area contributed by atoms with Crippen LogP contribution in [0.25, 0.3) is 10.4 Å². The van der Waals surface area contributed by atoms with Crippen LogP contribution in [0.3, 0.4) is 0 Å². The first kappa shape index (κ1) is 19.9. The van der Waals surface area contributed by atoms with E-state index in [2.05, 4.69) is 15.3 Å². The Morgan fingerprint density at radius 3 is 2.42 bits per heavy atom. The summed E-state index contributed by atoms with van der Waals surface area (Å²) in [6.45, 7) is 1.40. The van der Waals surface area contributed by atoms with E-state index in [4.69, 9.17) is 5.53 Å². The van der Waals surface area contributed by atoms with Gasteiger partial charge in [0.05, 0.1) is 5.56 Å². The Kier molecular flexibility index (Phi) is 6.01. The standard InChI is InChI=1S/C16H14F4N4OS/c1-15(25,9-26-12-5-2-10(17)3-6-12)22-11-4-7-14(23-24-21)13(8-11)16(18,19)20/h2-8,22,25H,9H2,1H3. The molecule has 0 aliphatic heterocycles. The molecule has 0 radical (unpaired) electrons. The maximum Gasteiger partial charge on any atom is 0.416 e. The molecule has 1 atom stereocenters. The van der Waals surface area contributed by atoms with Crippen molar-refractivity contribution >= 4 is 23.1 Å². The SMILES string of the molecule is CC(O)(CSc1ccc(F)cc1)Nc1ccc(N=[N+]=[N-])c(C(F)(F)F)c1. The van der Waals surface area contributed by atoms with E-state index in [1.165, 1.54) is 49.0 Å². The van der Waals surface area contributed by atoms with E-state index in [1.807, 2.05) is 0 Å². The largest absolute Gasteiger partial charge is 0.416 e. The van der Waals surface area contributed by atoms with Gasteiger partial charge in [-0.1, -0.05) is 11.2 Å². The number of alkyl halides is 3. The molecule has 2 rings (SSSR count). The molecule has 0 aliphatic rings. The predicted molar refractivity (Wildman–Crippen MR) is 91.6 cm³/mol. The highest BCUT2D eigenvalue weighted by Crippen LogP contribution is 2.38. The van der Waals surface area contributed by atoms with Gasteiger partial charge in [-0.25, -0.2) is 4.39 Å². The average Bonchev–Trinajstić information content (AvgIpc) is 2.55. The Hall–Kier alpha value is -2.42. The van der Waals surface area contributed by atoms with Crippen molar-refractivity contribution in [2.24, 2.45) is 5.11 Å². The van der Waals surface area contributed by atoms with E-state index in [9.17, 15) is 22.7 Å². The Balaban J connectivity index is 2.15. The number of anilines is 1. The first-order chi connectivity index (χ1) is 12.1. The molecule has 10 heteroatoms.